The Morgan fingerprint density at radius 3 is 2.15 bits per heavy atom. The second-order valence-electron chi connectivity index (χ2n) is 10.5. The molecule has 0 spiro atoms. The summed E-state index contributed by atoms with van der Waals surface area (Å²) >= 11 is 0. The summed E-state index contributed by atoms with van der Waals surface area (Å²) in [5, 5.41) is 2.99. The molecule has 2 amide bonds. The maximum absolute atomic E-state index is 14.1. The number of benzene rings is 3. The maximum atomic E-state index is 14.1. The van der Waals surface area contributed by atoms with E-state index in [1.54, 1.807) is 24.3 Å². The van der Waals surface area contributed by atoms with Gasteiger partial charge in [-0.2, -0.15) is 0 Å². The predicted octanol–water partition coefficient (Wildman–Crippen LogP) is 4.57. The smallest absolute Gasteiger partial charge is 0.244 e. The Bertz CT molecular complexity index is 1390. The number of carbonyl (C=O) groups is 2. The van der Waals surface area contributed by atoms with E-state index in [0.717, 1.165) is 27.3 Å². The van der Waals surface area contributed by atoms with Crippen molar-refractivity contribution in [2.24, 2.45) is 5.92 Å². The molecular formula is C32H41N3O5S. The van der Waals surface area contributed by atoms with Crippen molar-refractivity contribution < 1.29 is 22.7 Å². The van der Waals surface area contributed by atoms with Gasteiger partial charge in [-0.05, 0) is 60.7 Å². The summed E-state index contributed by atoms with van der Waals surface area (Å²) in [4.78, 5) is 29.3. The summed E-state index contributed by atoms with van der Waals surface area (Å²) in [7, 11) is -3.83. The van der Waals surface area contributed by atoms with Crippen LogP contribution in [0.25, 0.3) is 0 Å². The number of hydrogen-bond acceptors (Lipinski definition) is 5. The molecule has 0 aliphatic rings. The minimum Gasteiger partial charge on any atom is -0.494 e. The molecule has 0 saturated heterocycles. The van der Waals surface area contributed by atoms with E-state index in [-0.39, 0.29) is 24.8 Å². The van der Waals surface area contributed by atoms with Gasteiger partial charge in [-0.25, -0.2) is 8.42 Å². The number of anilines is 1. The number of rotatable bonds is 14. The van der Waals surface area contributed by atoms with Crippen molar-refractivity contribution in [2.75, 3.05) is 30.3 Å². The Kier molecular flexibility index (Phi) is 11.3. The lowest BCUT2D eigenvalue weighted by atomic mass is 10.0. The van der Waals surface area contributed by atoms with Gasteiger partial charge in [0.15, 0.2) is 0 Å². The van der Waals surface area contributed by atoms with Crippen molar-refractivity contribution in [2.45, 2.75) is 46.7 Å². The van der Waals surface area contributed by atoms with E-state index >= 15 is 0 Å². The molecule has 0 bridgehead atoms. The largest absolute Gasteiger partial charge is 0.494 e. The van der Waals surface area contributed by atoms with E-state index in [4.69, 9.17) is 4.74 Å². The van der Waals surface area contributed by atoms with E-state index in [0.29, 0.717) is 24.6 Å². The van der Waals surface area contributed by atoms with Crippen LogP contribution in [0.1, 0.15) is 37.5 Å². The van der Waals surface area contributed by atoms with Gasteiger partial charge in [0.1, 0.15) is 18.3 Å². The standard InChI is InChI=1S/C32H41N3O5S/c1-6-40-29-18-16-28(17-19-29)35(41(5,38)39)23-31(36)34(22-27-15-11-10-12-25(27)4)30(32(37)33-21-24(2)3)20-26-13-8-7-9-14-26/h7-19,24,30H,6,20-23H2,1-5H3,(H,33,37). The van der Waals surface area contributed by atoms with Crippen LogP contribution in [-0.2, 0) is 32.6 Å². The maximum Gasteiger partial charge on any atom is 0.244 e. The fraction of sp³-hybridized carbons (Fsp3) is 0.375. The molecule has 220 valence electrons. The lowest BCUT2D eigenvalue weighted by Gasteiger charge is -2.34. The average Bonchev–Trinajstić information content (AvgIpc) is 2.93. The number of carbonyl (C=O) groups excluding carboxylic acids is 2. The van der Waals surface area contributed by atoms with Crippen LogP contribution in [-0.4, -0.2) is 57.1 Å². The van der Waals surface area contributed by atoms with Gasteiger partial charge in [-0.15, -0.1) is 0 Å². The second-order valence-corrected chi connectivity index (χ2v) is 12.4. The van der Waals surface area contributed by atoms with E-state index in [9.17, 15) is 18.0 Å². The number of nitrogens with one attached hydrogen (secondary N) is 1. The summed E-state index contributed by atoms with van der Waals surface area (Å²) in [6.07, 6.45) is 1.35. The SMILES string of the molecule is CCOc1ccc(N(CC(=O)N(Cc2ccccc2C)C(Cc2ccccc2)C(=O)NCC(C)C)S(C)(=O)=O)cc1. The molecule has 0 heterocycles. The van der Waals surface area contributed by atoms with Crippen molar-refractivity contribution in [3.8, 4) is 5.75 Å². The van der Waals surface area contributed by atoms with Crippen molar-refractivity contribution >= 4 is 27.5 Å². The van der Waals surface area contributed by atoms with Crippen molar-refractivity contribution in [3.63, 3.8) is 0 Å². The molecule has 1 N–H and O–H groups in total. The highest BCUT2D eigenvalue weighted by Gasteiger charge is 2.33. The Labute approximate surface area is 244 Å². The number of hydrogen-bond donors (Lipinski definition) is 1. The first-order valence-electron chi connectivity index (χ1n) is 13.9. The molecular weight excluding hydrogens is 538 g/mol. The number of ether oxygens (including phenoxy) is 1. The third kappa shape index (κ3) is 9.35. The summed E-state index contributed by atoms with van der Waals surface area (Å²) < 4.78 is 32.4. The van der Waals surface area contributed by atoms with Crippen LogP contribution < -0.4 is 14.4 Å². The fourth-order valence-corrected chi connectivity index (χ4v) is 5.29. The number of sulfonamides is 1. The van der Waals surface area contributed by atoms with Gasteiger partial charge in [0.2, 0.25) is 21.8 Å². The minimum atomic E-state index is -3.83. The zero-order chi connectivity index (χ0) is 30.0. The number of aryl methyl sites for hydroxylation is 1. The third-order valence-electron chi connectivity index (χ3n) is 6.67. The first kappa shape index (κ1) is 31.7. The predicted molar refractivity (Wildman–Crippen MR) is 163 cm³/mol. The number of nitrogens with zero attached hydrogens (tertiary/aromatic N) is 2. The van der Waals surface area contributed by atoms with E-state index in [1.807, 2.05) is 82.3 Å². The van der Waals surface area contributed by atoms with Gasteiger partial charge in [0.25, 0.3) is 0 Å². The quantitative estimate of drug-likeness (QED) is 0.302. The minimum absolute atomic E-state index is 0.152. The molecule has 3 aromatic rings. The molecule has 3 aromatic carbocycles. The van der Waals surface area contributed by atoms with Gasteiger partial charge >= 0.3 is 0 Å². The zero-order valence-electron chi connectivity index (χ0n) is 24.5. The van der Waals surface area contributed by atoms with Crippen LogP contribution in [0.4, 0.5) is 5.69 Å². The van der Waals surface area contributed by atoms with E-state index in [2.05, 4.69) is 5.32 Å². The van der Waals surface area contributed by atoms with Crippen molar-refractivity contribution in [3.05, 3.63) is 95.6 Å². The van der Waals surface area contributed by atoms with Crippen LogP contribution >= 0.6 is 0 Å². The van der Waals surface area contributed by atoms with Crippen molar-refractivity contribution in [1.29, 1.82) is 0 Å². The Morgan fingerprint density at radius 1 is 0.927 bits per heavy atom. The molecule has 0 aromatic heterocycles. The molecule has 1 atom stereocenters. The average molecular weight is 580 g/mol. The zero-order valence-corrected chi connectivity index (χ0v) is 25.4. The van der Waals surface area contributed by atoms with Gasteiger partial charge in [0, 0.05) is 19.5 Å². The van der Waals surface area contributed by atoms with Crippen LogP contribution in [0.5, 0.6) is 5.75 Å². The van der Waals surface area contributed by atoms with Gasteiger partial charge in [-0.3, -0.25) is 13.9 Å². The molecule has 0 saturated carbocycles. The molecule has 1 unspecified atom stereocenters. The first-order chi connectivity index (χ1) is 19.5. The molecule has 0 aliphatic carbocycles. The van der Waals surface area contributed by atoms with Crippen LogP contribution in [0.2, 0.25) is 0 Å². The van der Waals surface area contributed by atoms with Crippen LogP contribution in [0, 0.1) is 12.8 Å². The summed E-state index contributed by atoms with van der Waals surface area (Å²) in [5.41, 5.74) is 3.08. The van der Waals surface area contributed by atoms with Crippen LogP contribution in [0.15, 0.2) is 78.9 Å². The first-order valence-corrected chi connectivity index (χ1v) is 15.7. The van der Waals surface area contributed by atoms with Gasteiger partial charge < -0.3 is 15.0 Å². The molecule has 41 heavy (non-hydrogen) atoms. The normalized spacial score (nSPS) is 12.0. The monoisotopic (exact) mass is 579 g/mol. The van der Waals surface area contributed by atoms with Gasteiger partial charge in [0.05, 0.1) is 18.6 Å². The Morgan fingerprint density at radius 2 is 1.56 bits per heavy atom. The molecule has 9 heteroatoms. The molecule has 0 fully saturated rings. The highest BCUT2D eigenvalue weighted by atomic mass is 32.2. The number of amides is 2. The van der Waals surface area contributed by atoms with Crippen molar-refractivity contribution in [1.82, 2.24) is 10.2 Å². The molecule has 0 aliphatic heterocycles. The molecule has 3 rings (SSSR count). The summed E-state index contributed by atoms with van der Waals surface area (Å²) in [6.45, 7) is 8.45. The topological polar surface area (TPSA) is 96.0 Å². The second kappa shape index (κ2) is 14.7. The molecule has 8 nitrogen and oxygen atoms in total. The lowest BCUT2D eigenvalue weighted by Crippen LogP contribution is -2.53. The summed E-state index contributed by atoms with van der Waals surface area (Å²) in [5.74, 6) is 0.0591. The highest BCUT2D eigenvalue weighted by Crippen LogP contribution is 2.23. The fourth-order valence-electron chi connectivity index (χ4n) is 4.44. The third-order valence-corrected chi connectivity index (χ3v) is 7.81. The van der Waals surface area contributed by atoms with E-state index in [1.165, 1.54) is 4.90 Å². The van der Waals surface area contributed by atoms with Gasteiger partial charge in [-0.1, -0.05) is 68.4 Å². The highest BCUT2D eigenvalue weighted by molar-refractivity contribution is 7.92. The Balaban J connectivity index is 2.03. The Hall–Kier alpha value is -3.85. The summed E-state index contributed by atoms with van der Waals surface area (Å²) in [6, 6.07) is 22.9. The van der Waals surface area contributed by atoms with E-state index < -0.39 is 28.5 Å². The lowest BCUT2D eigenvalue weighted by molar-refractivity contribution is -0.140. The van der Waals surface area contributed by atoms with Crippen LogP contribution in [0.3, 0.4) is 0 Å². The molecule has 0 radical (unpaired) electrons.